The summed E-state index contributed by atoms with van der Waals surface area (Å²) in [4.78, 5) is 10.2. The van der Waals surface area contributed by atoms with Crippen LogP contribution in [0.5, 0.6) is 5.75 Å². The molecule has 0 saturated carbocycles. The Morgan fingerprint density at radius 1 is 1.20 bits per heavy atom. The van der Waals surface area contributed by atoms with Gasteiger partial charge in [-0.1, -0.05) is 12.1 Å². The Morgan fingerprint density at radius 2 is 1.90 bits per heavy atom. The summed E-state index contributed by atoms with van der Waals surface area (Å²) in [6.07, 6.45) is 0. The van der Waals surface area contributed by atoms with Crippen LogP contribution < -0.4 is 4.74 Å². The molecule has 104 valence electrons. The van der Waals surface area contributed by atoms with Gasteiger partial charge in [0.2, 0.25) is 0 Å². The van der Waals surface area contributed by atoms with Gasteiger partial charge in [0.1, 0.15) is 12.4 Å². The molecule has 0 heterocycles. The quantitative estimate of drug-likeness (QED) is 0.487. The smallest absolute Gasteiger partial charge is 0.270 e. The molecule has 2 aromatic rings. The highest BCUT2D eigenvalue weighted by Gasteiger charge is 2.11. The first kappa shape index (κ1) is 14.7. The Balaban J connectivity index is 2.12. The predicted octanol–water partition coefficient (Wildman–Crippen LogP) is 3.27. The van der Waals surface area contributed by atoms with E-state index in [0.29, 0.717) is 17.9 Å². The molecule has 0 unspecified atom stereocenters. The lowest BCUT2D eigenvalue weighted by molar-refractivity contribution is -0.385. The van der Waals surface area contributed by atoms with E-state index in [1.807, 2.05) is 24.3 Å². The van der Waals surface area contributed by atoms with E-state index in [-0.39, 0.29) is 12.3 Å². The van der Waals surface area contributed by atoms with Gasteiger partial charge in [-0.25, -0.2) is 0 Å². The van der Waals surface area contributed by atoms with Crippen LogP contribution in [-0.2, 0) is 13.2 Å². The Kier molecular flexibility index (Phi) is 4.91. The fraction of sp³-hybridized carbons (Fsp3) is 0.143. The summed E-state index contributed by atoms with van der Waals surface area (Å²) in [6, 6.07) is 12.0. The zero-order valence-corrected chi connectivity index (χ0v) is 12.6. The maximum Gasteiger partial charge on any atom is 0.270 e. The molecule has 0 atom stereocenters. The molecule has 1 N–H and O–H groups in total. The minimum Gasteiger partial charge on any atom is -0.489 e. The number of aliphatic hydroxyl groups excluding tert-OH is 1. The van der Waals surface area contributed by atoms with Crippen LogP contribution in [-0.4, -0.2) is 10.0 Å². The lowest BCUT2D eigenvalue weighted by Crippen LogP contribution is -2.00. The van der Waals surface area contributed by atoms with Crippen molar-refractivity contribution in [2.45, 2.75) is 13.2 Å². The number of rotatable bonds is 5. The van der Waals surface area contributed by atoms with Gasteiger partial charge in [0, 0.05) is 21.3 Å². The number of benzene rings is 2. The fourth-order valence-electron chi connectivity index (χ4n) is 1.69. The average molecular weight is 385 g/mol. The summed E-state index contributed by atoms with van der Waals surface area (Å²) in [5.74, 6) is 0.455. The van der Waals surface area contributed by atoms with Crippen LogP contribution >= 0.6 is 22.6 Å². The van der Waals surface area contributed by atoms with Crippen LogP contribution in [0.2, 0.25) is 0 Å². The lowest BCUT2D eigenvalue weighted by Gasteiger charge is -2.10. The maximum absolute atomic E-state index is 10.7. The molecule has 0 aliphatic heterocycles. The number of halogens is 1. The van der Waals surface area contributed by atoms with Crippen molar-refractivity contribution in [2.75, 3.05) is 0 Å². The zero-order valence-electron chi connectivity index (χ0n) is 10.5. The number of hydrogen-bond acceptors (Lipinski definition) is 4. The van der Waals surface area contributed by atoms with Gasteiger partial charge in [0.05, 0.1) is 11.5 Å². The monoisotopic (exact) mass is 385 g/mol. The average Bonchev–Trinajstić information content (AvgIpc) is 2.46. The molecule has 5 nitrogen and oxygen atoms in total. The van der Waals surface area contributed by atoms with Gasteiger partial charge in [-0.05, 0) is 46.4 Å². The summed E-state index contributed by atoms with van der Waals surface area (Å²) in [5.41, 5.74) is 1.34. The molecule has 0 spiro atoms. The molecular weight excluding hydrogens is 373 g/mol. The van der Waals surface area contributed by atoms with E-state index in [9.17, 15) is 15.2 Å². The van der Waals surface area contributed by atoms with Gasteiger partial charge in [-0.15, -0.1) is 0 Å². The van der Waals surface area contributed by atoms with Crippen molar-refractivity contribution < 1.29 is 14.8 Å². The molecular formula is C14H12INO4. The predicted molar refractivity (Wildman–Crippen MR) is 82.5 cm³/mol. The summed E-state index contributed by atoms with van der Waals surface area (Å²) < 4.78 is 6.74. The van der Waals surface area contributed by atoms with Gasteiger partial charge in [-0.2, -0.15) is 0 Å². The minimum absolute atomic E-state index is 0.0596. The largest absolute Gasteiger partial charge is 0.489 e. The highest BCUT2D eigenvalue weighted by Crippen LogP contribution is 2.25. The highest BCUT2D eigenvalue weighted by molar-refractivity contribution is 14.1. The lowest BCUT2D eigenvalue weighted by atomic mass is 10.2. The second-order valence-electron chi connectivity index (χ2n) is 4.12. The number of non-ortho nitro benzene ring substituents is 1. The van der Waals surface area contributed by atoms with Crippen LogP contribution in [0.1, 0.15) is 11.1 Å². The van der Waals surface area contributed by atoms with Gasteiger partial charge < -0.3 is 9.84 Å². The normalized spacial score (nSPS) is 10.3. The molecule has 2 rings (SSSR count). The number of aliphatic hydroxyl groups is 1. The maximum atomic E-state index is 10.7. The molecule has 2 aromatic carbocycles. The molecule has 0 amide bonds. The topological polar surface area (TPSA) is 72.6 Å². The van der Waals surface area contributed by atoms with Crippen LogP contribution in [0.25, 0.3) is 0 Å². The Labute approximate surface area is 129 Å². The number of nitro benzene ring substituents is 1. The van der Waals surface area contributed by atoms with Crippen LogP contribution in [0.15, 0.2) is 42.5 Å². The number of nitro groups is 1. The standard InChI is InChI=1S/C14H12INO4/c15-12-3-1-10(2-4-12)9-20-14-6-5-13(16(18)19)7-11(14)8-17/h1-7,17H,8-9H2. The minimum atomic E-state index is -0.498. The molecule has 0 fully saturated rings. The summed E-state index contributed by atoms with van der Waals surface area (Å²) in [6.45, 7) is 0.0471. The number of hydrogen-bond donors (Lipinski definition) is 1. The van der Waals surface area contributed by atoms with E-state index in [4.69, 9.17) is 4.74 Å². The van der Waals surface area contributed by atoms with Crippen molar-refractivity contribution in [2.24, 2.45) is 0 Å². The first-order chi connectivity index (χ1) is 9.60. The van der Waals surface area contributed by atoms with Gasteiger partial charge in [-0.3, -0.25) is 10.1 Å². The first-order valence-corrected chi connectivity index (χ1v) is 6.93. The van der Waals surface area contributed by atoms with Crippen LogP contribution in [0, 0.1) is 13.7 Å². The Morgan fingerprint density at radius 3 is 2.50 bits per heavy atom. The Bertz CT molecular complexity index is 613. The Hall–Kier alpha value is -1.67. The van der Waals surface area contributed by atoms with E-state index < -0.39 is 4.92 Å². The third-order valence-electron chi connectivity index (χ3n) is 2.73. The summed E-state index contributed by atoms with van der Waals surface area (Å²) in [5, 5.41) is 19.9. The SMILES string of the molecule is O=[N+]([O-])c1ccc(OCc2ccc(I)cc2)c(CO)c1. The van der Waals surface area contributed by atoms with Gasteiger partial charge in [0.15, 0.2) is 0 Å². The molecule has 0 saturated heterocycles. The molecule has 0 aliphatic carbocycles. The van der Waals surface area contributed by atoms with Gasteiger partial charge >= 0.3 is 0 Å². The fourth-order valence-corrected chi connectivity index (χ4v) is 2.05. The molecule has 6 heteroatoms. The van der Waals surface area contributed by atoms with E-state index in [0.717, 1.165) is 9.13 Å². The number of ether oxygens (including phenoxy) is 1. The summed E-state index contributed by atoms with van der Waals surface area (Å²) >= 11 is 2.22. The van der Waals surface area contributed by atoms with Crippen LogP contribution in [0.3, 0.4) is 0 Å². The van der Waals surface area contributed by atoms with Crippen molar-refractivity contribution in [3.63, 3.8) is 0 Å². The van der Waals surface area contributed by atoms with E-state index in [1.165, 1.54) is 18.2 Å². The van der Waals surface area contributed by atoms with E-state index in [1.54, 1.807) is 0 Å². The van der Waals surface area contributed by atoms with Crippen molar-refractivity contribution in [1.29, 1.82) is 0 Å². The third kappa shape index (κ3) is 3.67. The number of nitrogens with zero attached hydrogens (tertiary/aromatic N) is 1. The first-order valence-electron chi connectivity index (χ1n) is 5.85. The van der Waals surface area contributed by atoms with Crippen molar-refractivity contribution in [3.05, 3.63) is 67.3 Å². The molecule has 0 aromatic heterocycles. The second-order valence-corrected chi connectivity index (χ2v) is 5.37. The van der Waals surface area contributed by atoms with Gasteiger partial charge in [0.25, 0.3) is 5.69 Å². The second kappa shape index (κ2) is 6.67. The van der Waals surface area contributed by atoms with E-state index >= 15 is 0 Å². The van der Waals surface area contributed by atoms with Crippen molar-refractivity contribution >= 4 is 28.3 Å². The molecule has 20 heavy (non-hydrogen) atoms. The molecule has 0 radical (unpaired) electrons. The van der Waals surface area contributed by atoms with Crippen LogP contribution in [0.4, 0.5) is 5.69 Å². The van der Waals surface area contributed by atoms with E-state index in [2.05, 4.69) is 22.6 Å². The summed E-state index contributed by atoms with van der Waals surface area (Å²) in [7, 11) is 0. The molecule has 0 aliphatic rings. The van der Waals surface area contributed by atoms with Crippen molar-refractivity contribution in [1.82, 2.24) is 0 Å². The molecule has 0 bridgehead atoms. The highest BCUT2D eigenvalue weighted by atomic mass is 127. The third-order valence-corrected chi connectivity index (χ3v) is 3.45. The zero-order chi connectivity index (χ0) is 14.5. The van der Waals surface area contributed by atoms with Crippen molar-refractivity contribution in [3.8, 4) is 5.75 Å².